The molecular weight excluding hydrogens is 322 g/mol. The van der Waals surface area contributed by atoms with Crippen molar-refractivity contribution in [3.63, 3.8) is 0 Å². The summed E-state index contributed by atoms with van der Waals surface area (Å²) in [5.74, 6) is 0.577. The molecule has 0 saturated carbocycles. The van der Waals surface area contributed by atoms with Gasteiger partial charge in [0.25, 0.3) is 5.91 Å². The molecule has 2 fully saturated rings. The lowest BCUT2D eigenvalue weighted by Gasteiger charge is -2.31. The van der Waals surface area contributed by atoms with Gasteiger partial charge in [0, 0.05) is 37.9 Å². The molecule has 136 valence electrons. The van der Waals surface area contributed by atoms with E-state index in [0.717, 1.165) is 18.9 Å². The van der Waals surface area contributed by atoms with Crippen LogP contribution in [0.4, 0.5) is 5.82 Å². The average molecular weight is 347 g/mol. The second-order valence-corrected chi connectivity index (χ2v) is 6.32. The maximum Gasteiger partial charge on any atom is 0.309 e. The number of pyridine rings is 1. The highest BCUT2D eigenvalue weighted by Crippen LogP contribution is 2.21. The van der Waals surface area contributed by atoms with Crippen LogP contribution in [0.5, 0.6) is 0 Å². The molecule has 0 aliphatic carbocycles. The first-order valence-electron chi connectivity index (χ1n) is 8.93. The lowest BCUT2D eigenvalue weighted by Crippen LogP contribution is -2.41. The summed E-state index contributed by atoms with van der Waals surface area (Å²) in [4.78, 5) is 32.9. The van der Waals surface area contributed by atoms with Gasteiger partial charge >= 0.3 is 5.97 Å². The molecule has 0 bridgehead atoms. The van der Waals surface area contributed by atoms with E-state index in [0.29, 0.717) is 51.3 Å². The summed E-state index contributed by atoms with van der Waals surface area (Å²) in [5.41, 5.74) is 0.645. The van der Waals surface area contributed by atoms with Crippen molar-refractivity contribution in [3.05, 3.63) is 23.9 Å². The number of morpholine rings is 1. The number of piperidine rings is 1. The summed E-state index contributed by atoms with van der Waals surface area (Å²) in [5, 5.41) is 0. The molecular formula is C18H25N3O4. The monoisotopic (exact) mass is 347 g/mol. The highest BCUT2D eigenvalue weighted by Gasteiger charge is 2.29. The number of esters is 1. The van der Waals surface area contributed by atoms with Crippen LogP contribution in [0.3, 0.4) is 0 Å². The molecule has 0 N–H and O–H groups in total. The first-order chi connectivity index (χ1) is 12.2. The quantitative estimate of drug-likeness (QED) is 0.765. The van der Waals surface area contributed by atoms with Crippen LogP contribution in [0.1, 0.15) is 30.1 Å². The van der Waals surface area contributed by atoms with Crippen LogP contribution < -0.4 is 4.90 Å². The van der Waals surface area contributed by atoms with E-state index in [9.17, 15) is 9.59 Å². The molecule has 0 radical (unpaired) electrons. The zero-order chi connectivity index (χ0) is 17.6. The highest BCUT2D eigenvalue weighted by molar-refractivity contribution is 5.95. The predicted molar refractivity (Wildman–Crippen MR) is 92.5 cm³/mol. The molecule has 0 aromatic carbocycles. The van der Waals surface area contributed by atoms with Gasteiger partial charge in [-0.25, -0.2) is 4.98 Å². The second-order valence-electron chi connectivity index (χ2n) is 6.32. The molecule has 0 atom stereocenters. The zero-order valence-corrected chi connectivity index (χ0v) is 14.6. The fourth-order valence-electron chi connectivity index (χ4n) is 3.28. The van der Waals surface area contributed by atoms with Crippen molar-refractivity contribution in [1.29, 1.82) is 0 Å². The number of amides is 1. The van der Waals surface area contributed by atoms with Crippen LogP contribution in [-0.2, 0) is 14.3 Å². The first-order valence-corrected chi connectivity index (χ1v) is 8.93. The number of ether oxygens (including phenoxy) is 2. The molecule has 0 unspecified atom stereocenters. The summed E-state index contributed by atoms with van der Waals surface area (Å²) in [6.45, 7) is 6.31. The van der Waals surface area contributed by atoms with E-state index >= 15 is 0 Å². The predicted octanol–water partition coefficient (Wildman–Crippen LogP) is 1.33. The molecule has 2 aliphatic rings. The number of hydrogen-bond donors (Lipinski definition) is 0. The molecule has 1 aromatic rings. The van der Waals surface area contributed by atoms with Gasteiger partial charge in [0.05, 0.1) is 25.7 Å². The van der Waals surface area contributed by atoms with Crippen molar-refractivity contribution in [3.8, 4) is 0 Å². The molecule has 0 spiro atoms. The first kappa shape index (κ1) is 17.7. The second kappa shape index (κ2) is 8.29. The van der Waals surface area contributed by atoms with Crippen LogP contribution in [0, 0.1) is 5.92 Å². The summed E-state index contributed by atoms with van der Waals surface area (Å²) in [7, 11) is 0. The Labute approximate surface area is 147 Å². The Morgan fingerprint density at radius 1 is 1.24 bits per heavy atom. The van der Waals surface area contributed by atoms with Gasteiger partial charge in [-0.3, -0.25) is 9.59 Å². The van der Waals surface area contributed by atoms with E-state index in [-0.39, 0.29) is 17.8 Å². The van der Waals surface area contributed by atoms with Crippen molar-refractivity contribution >= 4 is 17.7 Å². The summed E-state index contributed by atoms with van der Waals surface area (Å²) >= 11 is 0. The number of carbonyl (C=O) groups is 2. The van der Waals surface area contributed by atoms with Crippen LogP contribution in [0.2, 0.25) is 0 Å². The lowest BCUT2D eigenvalue weighted by atomic mass is 9.96. The molecule has 3 rings (SSSR count). The molecule has 7 nitrogen and oxygen atoms in total. The van der Waals surface area contributed by atoms with Gasteiger partial charge in [-0.2, -0.15) is 0 Å². The van der Waals surface area contributed by atoms with Gasteiger partial charge in [0.2, 0.25) is 0 Å². The maximum absolute atomic E-state index is 12.8. The van der Waals surface area contributed by atoms with Gasteiger partial charge in [-0.1, -0.05) is 0 Å². The minimum atomic E-state index is -0.145. The topological polar surface area (TPSA) is 72.0 Å². The smallest absolute Gasteiger partial charge is 0.309 e. The van der Waals surface area contributed by atoms with Gasteiger partial charge < -0.3 is 19.3 Å². The number of hydrogen-bond acceptors (Lipinski definition) is 6. The van der Waals surface area contributed by atoms with Crippen molar-refractivity contribution in [2.24, 2.45) is 5.92 Å². The molecule has 1 aromatic heterocycles. The third kappa shape index (κ3) is 4.28. The third-order valence-corrected chi connectivity index (χ3v) is 4.73. The largest absolute Gasteiger partial charge is 0.466 e. The van der Waals surface area contributed by atoms with Crippen LogP contribution in [0.15, 0.2) is 18.3 Å². The Morgan fingerprint density at radius 2 is 1.96 bits per heavy atom. The van der Waals surface area contributed by atoms with E-state index in [1.165, 1.54) is 0 Å². The summed E-state index contributed by atoms with van der Waals surface area (Å²) in [6.07, 6.45) is 3.00. The Kier molecular flexibility index (Phi) is 5.86. The zero-order valence-electron chi connectivity index (χ0n) is 14.6. The van der Waals surface area contributed by atoms with E-state index in [1.54, 1.807) is 12.3 Å². The Morgan fingerprint density at radius 3 is 2.64 bits per heavy atom. The highest BCUT2D eigenvalue weighted by atomic mass is 16.5. The Bertz CT molecular complexity index is 608. The van der Waals surface area contributed by atoms with E-state index in [1.807, 2.05) is 17.9 Å². The summed E-state index contributed by atoms with van der Waals surface area (Å²) < 4.78 is 10.4. The minimum absolute atomic E-state index is 0.000724. The number of carbonyl (C=O) groups excluding carboxylic acids is 2. The van der Waals surface area contributed by atoms with Crippen LogP contribution in [0.25, 0.3) is 0 Å². The number of likely N-dealkylation sites (tertiary alicyclic amines) is 1. The molecule has 1 amide bonds. The molecule has 3 heterocycles. The van der Waals surface area contributed by atoms with E-state index < -0.39 is 0 Å². The normalized spacial score (nSPS) is 18.9. The summed E-state index contributed by atoms with van der Waals surface area (Å²) in [6, 6.07) is 3.61. The number of rotatable bonds is 4. The van der Waals surface area contributed by atoms with Crippen molar-refractivity contribution in [2.75, 3.05) is 50.9 Å². The van der Waals surface area contributed by atoms with Crippen molar-refractivity contribution in [2.45, 2.75) is 19.8 Å². The van der Waals surface area contributed by atoms with Gasteiger partial charge in [0.15, 0.2) is 0 Å². The molecule has 7 heteroatoms. The van der Waals surface area contributed by atoms with Gasteiger partial charge in [0.1, 0.15) is 5.82 Å². The average Bonchev–Trinajstić information content (AvgIpc) is 2.68. The number of anilines is 1. The Hall–Kier alpha value is -2.15. The van der Waals surface area contributed by atoms with E-state index in [4.69, 9.17) is 9.47 Å². The molecule has 2 saturated heterocycles. The minimum Gasteiger partial charge on any atom is -0.466 e. The van der Waals surface area contributed by atoms with Gasteiger partial charge in [-0.05, 0) is 31.9 Å². The SMILES string of the molecule is CCOC(=O)C1CCN(C(=O)c2ccnc(N3CCOCC3)c2)CC1. The molecule has 2 aliphatic heterocycles. The number of aromatic nitrogens is 1. The van der Waals surface area contributed by atoms with E-state index in [2.05, 4.69) is 9.88 Å². The van der Waals surface area contributed by atoms with Crippen molar-refractivity contribution < 1.29 is 19.1 Å². The fourth-order valence-corrected chi connectivity index (χ4v) is 3.28. The van der Waals surface area contributed by atoms with Crippen LogP contribution >= 0.6 is 0 Å². The third-order valence-electron chi connectivity index (χ3n) is 4.73. The van der Waals surface area contributed by atoms with Crippen LogP contribution in [-0.4, -0.2) is 67.8 Å². The maximum atomic E-state index is 12.8. The van der Waals surface area contributed by atoms with Crippen molar-refractivity contribution in [1.82, 2.24) is 9.88 Å². The van der Waals surface area contributed by atoms with Gasteiger partial charge in [-0.15, -0.1) is 0 Å². The number of nitrogens with zero attached hydrogens (tertiary/aromatic N) is 3. The standard InChI is InChI=1S/C18H25N3O4/c1-2-25-18(23)14-4-7-21(8-5-14)17(22)15-3-6-19-16(13-15)20-9-11-24-12-10-20/h3,6,13-14H,2,4-5,7-12H2,1H3. The fraction of sp³-hybridized carbons (Fsp3) is 0.611. The molecule has 25 heavy (non-hydrogen) atoms. The lowest BCUT2D eigenvalue weighted by molar-refractivity contribution is -0.149. The Balaban J connectivity index is 1.61.